The lowest BCUT2D eigenvalue weighted by Gasteiger charge is -2.14. The van der Waals surface area contributed by atoms with Crippen LogP contribution in [0.1, 0.15) is 52.0 Å². The molecule has 0 unspecified atom stereocenters. The number of carbonyl (C=O) groups excluding carboxylic acids is 4. The molecule has 0 atom stereocenters. The third-order valence-electron chi connectivity index (χ3n) is 5.19. The first kappa shape index (κ1) is 27.4. The maximum atomic E-state index is 12.8. The van der Waals surface area contributed by atoms with Crippen molar-refractivity contribution in [3.05, 3.63) is 75.1 Å². The highest BCUT2D eigenvalue weighted by Crippen LogP contribution is 2.32. The number of rotatable bonds is 9. The molecule has 2 N–H and O–H groups in total. The Balaban J connectivity index is 1.38. The number of unbranched alkanes of at least 4 members (excludes halogenated alkanes) is 2. The number of thiocarbonyl (C=S) groups is 1. The quantitative estimate of drug-likeness (QED) is 0.159. The highest BCUT2D eigenvalue weighted by Gasteiger charge is 2.31. The number of halogens is 1. The van der Waals surface area contributed by atoms with Crippen molar-refractivity contribution in [2.45, 2.75) is 25.7 Å². The molecule has 0 radical (unpaired) electrons. The van der Waals surface area contributed by atoms with E-state index in [4.69, 9.17) is 23.8 Å². The predicted molar refractivity (Wildman–Crippen MR) is 143 cm³/mol. The van der Waals surface area contributed by atoms with Crippen LogP contribution in [0.4, 0.5) is 0 Å². The van der Waals surface area contributed by atoms with E-state index in [9.17, 15) is 19.2 Å². The van der Waals surface area contributed by atoms with Crippen LogP contribution in [-0.2, 0) is 14.3 Å². The minimum Gasteiger partial charge on any atom is -0.465 e. The molecule has 0 saturated carbocycles. The van der Waals surface area contributed by atoms with Crippen molar-refractivity contribution < 1.29 is 23.9 Å². The van der Waals surface area contributed by atoms with E-state index < -0.39 is 11.9 Å². The Morgan fingerprint density at radius 1 is 1.06 bits per heavy atom. The monoisotopic (exact) mass is 545 g/mol. The van der Waals surface area contributed by atoms with Crippen LogP contribution in [0.5, 0.6) is 0 Å². The fourth-order valence-electron chi connectivity index (χ4n) is 3.30. The number of hydrazine groups is 1. The topological polar surface area (TPSA) is 105 Å². The minimum absolute atomic E-state index is 0.163. The van der Waals surface area contributed by atoms with Gasteiger partial charge in [0.25, 0.3) is 11.8 Å². The molecule has 0 spiro atoms. The Morgan fingerprint density at radius 3 is 2.50 bits per heavy atom. The Hall–Kier alpha value is -3.21. The van der Waals surface area contributed by atoms with Crippen molar-refractivity contribution in [1.82, 2.24) is 15.8 Å². The second-order valence-corrected chi connectivity index (χ2v) is 9.88. The number of nitrogens with zero attached hydrogens (tertiary/aromatic N) is 1. The van der Waals surface area contributed by atoms with Crippen molar-refractivity contribution in [3.8, 4) is 0 Å². The third-order valence-corrected chi connectivity index (χ3v) is 6.80. The van der Waals surface area contributed by atoms with E-state index in [0.717, 1.165) is 5.56 Å². The van der Waals surface area contributed by atoms with Gasteiger partial charge in [-0.1, -0.05) is 60.2 Å². The summed E-state index contributed by atoms with van der Waals surface area (Å²) >= 11 is 12.5. The van der Waals surface area contributed by atoms with E-state index in [1.54, 1.807) is 53.4 Å². The summed E-state index contributed by atoms with van der Waals surface area (Å²) < 4.78 is 5.17. The number of carbonyl (C=O) groups is 4. The Morgan fingerprint density at radius 2 is 1.81 bits per heavy atom. The smallest absolute Gasteiger partial charge is 0.337 e. The SMILES string of the molecule is COC(=O)c1ccc(/C=C2\SC(=S)N(CCCCCC(=O)NNC(=O)c3cccc(Cl)c3)C2=O)cc1. The maximum Gasteiger partial charge on any atom is 0.337 e. The molecule has 3 amide bonds. The van der Waals surface area contributed by atoms with Gasteiger partial charge in [-0.2, -0.15) is 0 Å². The van der Waals surface area contributed by atoms with Crippen LogP contribution >= 0.6 is 35.6 Å². The van der Waals surface area contributed by atoms with Gasteiger partial charge in [0, 0.05) is 23.6 Å². The second-order valence-electron chi connectivity index (χ2n) is 7.77. The van der Waals surface area contributed by atoms with E-state index in [1.165, 1.54) is 24.9 Å². The molecule has 0 aromatic heterocycles. The lowest BCUT2D eigenvalue weighted by Crippen LogP contribution is -2.41. The number of hydrogen-bond donors (Lipinski definition) is 2. The second kappa shape index (κ2) is 13.2. The Kier molecular flexibility index (Phi) is 10.0. The molecule has 2 aromatic rings. The van der Waals surface area contributed by atoms with Gasteiger partial charge < -0.3 is 4.74 Å². The van der Waals surface area contributed by atoms with Crippen molar-refractivity contribution >= 4 is 69.7 Å². The molecule has 36 heavy (non-hydrogen) atoms. The van der Waals surface area contributed by atoms with Crippen LogP contribution in [0.2, 0.25) is 5.02 Å². The van der Waals surface area contributed by atoms with Crippen LogP contribution in [0, 0.1) is 0 Å². The minimum atomic E-state index is -0.451. The lowest BCUT2D eigenvalue weighted by molar-refractivity contribution is -0.123. The van der Waals surface area contributed by atoms with Gasteiger partial charge >= 0.3 is 5.97 Å². The van der Waals surface area contributed by atoms with Crippen molar-refractivity contribution in [2.75, 3.05) is 13.7 Å². The van der Waals surface area contributed by atoms with Gasteiger partial charge in [0.05, 0.1) is 17.6 Å². The van der Waals surface area contributed by atoms with E-state index in [2.05, 4.69) is 15.6 Å². The summed E-state index contributed by atoms with van der Waals surface area (Å²) in [6.45, 7) is 0.455. The zero-order valence-corrected chi connectivity index (χ0v) is 21.8. The fourth-order valence-corrected chi connectivity index (χ4v) is 4.80. The summed E-state index contributed by atoms with van der Waals surface area (Å²) in [5, 5.41) is 0.431. The van der Waals surface area contributed by atoms with Gasteiger partial charge in [-0.25, -0.2) is 4.79 Å². The number of amides is 3. The summed E-state index contributed by atoms with van der Waals surface area (Å²) in [5.74, 6) is -1.35. The number of esters is 1. The summed E-state index contributed by atoms with van der Waals surface area (Å²) in [6.07, 6.45) is 3.95. The standard InChI is InChI=1S/C25H24ClN3O5S2/c1-34-24(33)17-11-9-16(10-12-17)14-20-23(32)29(25(35)36-20)13-4-2-3-8-21(30)27-28-22(31)18-6-5-7-19(26)15-18/h5-7,9-12,14-15H,2-4,8,13H2,1H3,(H,27,30)(H,28,31)/b20-14-. The van der Waals surface area contributed by atoms with E-state index >= 15 is 0 Å². The molecule has 8 nitrogen and oxygen atoms in total. The average Bonchev–Trinajstić information content (AvgIpc) is 3.14. The molecule has 1 heterocycles. The number of ether oxygens (including phenoxy) is 1. The van der Waals surface area contributed by atoms with E-state index in [0.29, 0.717) is 51.2 Å². The van der Waals surface area contributed by atoms with E-state index in [1.807, 2.05) is 0 Å². The highest BCUT2D eigenvalue weighted by molar-refractivity contribution is 8.26. The zero-order valence-electron chi connectivity index (χ0n) is 19.4. The average molecular weight is 546 g/mol. The number of benzene rings is 2. The van der Waals surface area contributed by atoms with Crippen LogP contribution in [0.3, 0.4) is 0 Å². The van der Waals surface area contributed by atoms with Gasteiger partial charge in [0.15, 0.2) is 0 Å². The molecule has 188 valence electrons. The van der Waals surface area contributed by atoms with Gasteiger partial charge in [-0.3, -0.25) is 30.1 Å². The number of nitrogens with one attached hydrogen (secondary N) is 2. The first-order valence-corrected chi connectivity index (χ1v) is 12.7. The van der Waals surface area contributed by atoms with E-state index in [-0.39, 0.29) is 18.2 Å². The summed E-state index contributed by atoms with van der Waals surface area (Å²) in [6, 6.07) is 13.2. The van der Waals surface area contributed by atoms with Crippen LogP contribution < -0.4 is 10.9 Å². The maximum absolute atomic E-state index is 12.8. The Labute approximate surface area is 223 Å². The Bertz CT molecular complexity index is 1200. The first-order valence-electron chi connectivity index (χ1n) is 11.1. The molecule has 1 fully saturated rings. The third kappa shape index (κ3) is 7.64. The molecule has 2 aromatic carbocycles. The molecule has 1 aliphatic heterocycles. The molecule has 1 saturated heterocycles. The molecule has 3 rings (SSSR count). The molecule has 11 heteroatoms. The van der Waals surface area contributed by atoms with Crippen molar-refractivity contribution in [2.24, 2.45) is 0 Å². The molecule has 0 aliphatic carbocycles. The van der Waals surface area contributed by atoms with Crippen LogP contribution in [0.15, 0.2) is 53.4 Å². The fraction of sp³-hybridized carbons (Fsp3) is 0.240. The number of hydrogen-bond acceptors (Lipinski definition) is 7. The highest BCUT2D eigenvalue weighted by atomic mass is 35.5. The predicted octanol–water partition coefficient (Wildman–Crippen LogP) is 4.35. The molecular weight excluding hydrogens is 522 g/mol. The van der Waals surface area contributed by atoms with Gasteiger partial charge in [0.1, 0.15) is 4.32 Å². The number of thioether (sulfide) groups is 1. The largest absolute Gasteiger partial charge is 0.465 e. The molecular formula is C25H24ClN3O5S2. The van der Waals surface area contributed by atoms with Crippen LogP contribution in [0.25, 0.3) is 6.08 Å². The lowest BCUT2D eigenvalue weighted by atomic mass is 10.1. The van der Waals surface area contributed by atoms with Gasteiger partial charge in [-0.05, 0) is 54.8 Å². The first-order chi connectivity index (χ1) is 17.3. The summed E-state index contributed by atoms with van der Waals surface area (Å²) in [7, 11) is 1.32. The number of methoxy groups -OCH3 is 1. The summed E-state index contributed by atoms with van der Waals surface area (Å²) in [4.78, 5) is 50.4. The van der Waals surface area contributed by atoms with Gasteiger partial charge in [-0.15, -0.1) is 0 Å². The van der Waals surface area contributed by atoms with Crippen molar-refractivity contribution in [1.29, 1.82) is 0 Å². The normalized spacial score (nSPS) is 14.2. The van der Waals surface area contributed by atoms with Crippen molar-refractivity contribution in [3.63, 3.8) is 0 Å². The molecule has 1 aliphatic rings. The molecule has 0 bridgehead atoms. The van der Waals surface area contributed by atoms with Gasteiger partial charge in [0.2, 0.25) is 5.91 Å². The summed E-state index contributed by atoms with van der Waals surface area (Å²) in [5.41, 5.74) is 6.30. The zero-order chi connectivity index (χ0) is 26.1. The van der Waals surface area contributed by atoms with Crippen LogP contribution in [-0.4, -0.2) is 46.6 Å².